The zero-order chi connectivity index (χ0) is 13.0. The molecule has 112 valence electrons. The number of aliphatic hydroxyl groups excluding tert-OH is 1. The maximum absolute atomic E-state index is 12.3. The Morgan fingerprint density at radius 3 is 2.74 bits per heavy atom. The summed E-state index contributed by atoms with van der Waals surface area (Å²) in [5.41, 5.74) is 0. The SMILES string of the molecule is C[C@H]1C[C@@H](C(=O)NC2CCCCC2CO)CCN1.Cl. The molecular formula is C14H27ClN2O2. The van der Waals surface area contributed by atoms with Gasteiger partial charge in [0, 0.05) is 30.5 Å². The number of carbonyl (C=O) groups excluding carboxylic acids is 1. The molecule has 2 unspecified atom stereocenters. The molecule has 1 amide bonds. The zero-order valence-electron chi connectivity index (χ0n) is 11.7. The Hall–Kier alpha value is -0.320. The van der Waals surface area contributed by atoms with Crippen LogP contribution < -0.4 is 10.6 Å². The molecule has 0 bridgehead atoms. The summed E-state index contributed by atoms with van der Waals surface area (Å²) in [6.07, 6.45) is 6.29. The van der Waals surface area contributed by atoms with E-state index >= 15 is 0 Å². The Kier molecular flexibility index (Phi) is 7.11. The molecule has 19 heavy (non-hydrogen) atoms. The molecule has 1 aliphatic carbocycles. The summed E-state index contributed by atoms with van der Waals surface area (Å²) < 4.78 is 0. The second-order valence-corrected chi connectivity index (χ2v) is 5.92. The number of nitrogens with one attached hydrogen (secondary N) is 2. The first-order valence-corrected chi connectivity index (χ1v) is 7.35. The van der Waals surface area contributed by atoms with Crippen LogP contribution >= 0.6 is 12.4 Å². The minimum absolute atomic E-state index is 0. The molecule has 0 aromatic carbocycles. The third-order valence-corrected chi connectivity index (χ3v) is 4.47. The van der Waals surface area contributed by atoms with Gasteiger partial charge in [0.05, 0.1) is 0 Å². The second kappa shape index (κ2) is 8.08. The van der Waals surface area contributed by atoms with Crippen molar-refractivity contribution in [3.05, 3.63) is 0 Å². The van der Waals surface area contributed by atoms with Crippen molar-refractivity contribution in [2.24, 2.45) is 11.8 Å². The molecule has 0 aromatic heterocycles. The van der Waals surface area contributed by atoms with E-state index in [1.807, 2.05) is 0 Å². The van der Waals surface area contributed by atoms with Gasteiger partial charge in [-0.05, 0) is 39.2 Å². The molecular weight excluding hydrogens is 264 g/mol. The van der Waals surface area contributed by atoms with Gasteiger partial charge in [-0.15, -0.1) is 12.4 Å². The van der Waals surface area contributed by atoms with Crippen molar-refractivity contribution in [2.45, 2.75) is 57.5 Å². The number of hydrogen-bond acceptors (Lipinski definition) is 3. The topological polar surface area (TPSA) is 61.4 Å². The first-order chi connectivity index (χ1) is 8.70. The van der Waals surface area contributed by atoms with Gasteiger partial charge in [0.15, 0.2) is 0 Å². The van der Waals surface area contributed by atoms with Crippen LogP contribution in [0.5, 0.6) is 0 Å². The fraction of sp³-hybridized carbons (Fsp3) is 0.929. The summed E-state index contributed by atoms with van der Waals surface area (Å²) in [4.78, 5) is 12.3. The van der Waals surface area contributed by atoms with Crippen LogP contribution in [0.3, 0.4) is 0 Å². The van der Waals surface area contributed by atoms with Gasteiger partial charge in [0.2, 0.25) is 5.91 Å². The fourth-order valence-electron chi connectivity index (χ4n) is 3.29. The summed E-state index contributed by atoms with van der Waals surface area (Å²) in [5.74, 6) is 0.623. The first-order valence-electron chi connectivity index (χ1n) is 7.35. The zero-order valence-corrected chi connectivity index (χ0v) is 12.5. The molecule has 4 nitrogen and oxygen atoms in total. The number of rotatable bonds is 3. The Bertz CT molecular complexity index is 289. The highest BCUT2D eigenvalue weighted by Crippen LogP contribution is 2.25. The molecule has 3 N–H and O–H groups in total. The van der Waals surface area contributed by atoms with Gasteiger partial charge in [-0.25, -0.2) is 0 Å². The molecule has 2 aliphatic rings. The van der Waals surface area contributed by atoms with Crippen LogP contribution in [0.15, 0.2) is 0 Å². The van der Waals surface area contributed by atoms with Gasteiger partial charge in [-0.3, -0.25) is 4.79 Å². The maximum atomic E-state index is 12.3. The molecule has 4 atom stereocenters. The lowest BCUT2D eigenvalue weighted by Crippen LogP contribution is -2.48. The average Bonchev–Trinajstić information content (AvgIpc) is 2.39. The molecule has 2 fully saturated rings. The van der Waals surface area contributed by atoms with E-state index in [1.165, 1.54) is 12.8 Å². The van der Waals surface area contributed by atoms with E-state index in [2.05, 4.69) is 17.6 Å². The minimum Gasteiger partial charge on any atom is -0.396 e. The van der Waals surface area contributed by atoms with Gasteiger partial charge in [-0.2, -0.15) is 0 Å². The Morgan fingerprint density at radius 1 is 1.32 bits per heavy atom. The number of carbonyl (C=O) groups is 1. The van der Waals surface area contributed by atoms with Crippen LogP contribution in [0.4, 0.5) is 0 Å². The van der Waals surface area contributed by atoms with Crippen molar-refractivity contribution in [1.82, 2.24) is 10.6 Å². The minimum atomic E-state index is 0. The van der Waals surface area contributed by atoms with Crippen molar-refractivity contribution in [2.75, 3.05) is 13.2 Å². The highest BCUT2D eigenvalue weighted by Gasteiger charge is 2.30. The van der Waals surface area contributed by atoms with Crippen LogP contribution in [-0.2, 0) is 4.79 Å². The number of amides is 1. The molecule has 0 radical (unpaired) electrons. The molecule has 0 spiro atoms. The first kappa shape index (κ1) is 16.7. The summed E-state index contributed by atoms with van der Waals surface area (Å²) in [6, 6.07) is 0.635. The van der Waals surface area contributed by atoms with E-state index in [-0.39, 0.29) is 42.8 Å². The van der Waals surface area contributed by atoms with Crippen molar-refractivity contribution in [3.8, 4) is 0 Å². The lowest BCUT2D eigenvalue weighted by molar-refractivity contribution is -0.127. The summed E-state index contributed by atoms with van der Waals surface area (Å²) in [5, 5.41) is 15.9. The largest absolute Gasteiger partial charge is 0.396 e. The van der Waals surface area contributed by atoms with Gasteiger partial charge in [0.25, 0.3) is 0 Å². The molecule has 2 rings (SSSR count). The number of aliphatic hydroxyl groups is 1. The summed E-state index contributed by atoms with van der Waals surface area (Å²) >= 11 is 0. The smallest absolute Gasteiger partial charge is 0.223 e. The van der Waals surface area contributed by atoms with Gasteiger partial charge < -0.3 is 15.7 Å². The van der Waals surface area contributed by atoms with Crippen molar-refractivity contribution >= 4 is 18.3 Å². The van der Waals surface area contributed by atoms with E-state index in [0.29, 0.717) is 6.04 Å². The molecule has 1 saturated carbocycles. The summed E-state index contributed by atoms with van der Waals surface area (Å²) in [6.45, 7) is 3.28. The Balaban J connectivity index is 0.00000180. The Labute approximate surface area is 122 Å². The van der Waals surface area contributed by atoms with Crippen LogP contribution in [0, 0.1) is 11.8 Å². The fourth-order valence-corrected chi connectivity index (χ4v) is 3.29. The second-order valence-electron chi connectivity index (χ2n) is 5.92. The van der Waals surface area contributed by atoms with Gasteiger partial charge in [0.1, 0.15) is 0 Å². The van der Waals surface area contributed by atoms with Crippen LogP contribution in [0.2, 0.25) is 0 Å². The molecule has 1 aliphatic heterocycles. The quantitative estimate of drug-likeness (QED) is 0.737. The van der Waals surface area contributed by atoms with Crippen molar-refractivity contribution in [1.29, 1.82) is 0 Å². The van der Waals surface area contributed by atoms with Crippen LogP contribution in [0.1, 0.15) is 45.4 Å². The predicted molar refractivity (Wildman–Crippen MR) is 78.4 cm³/mol. The van der Waals surface area contributed by atoms with Gasteiger partial charge >= 0.3 is 0 Å². The van der Waals surface area contributed by atoms with Crippen LogP contribution in [-0.4, -0.2) is 36.2 Å². The van der Waals surface area contributed by atoms with E-state index in [0.717, 1.165) is 32.2 Å². The highest BCUT2D eigenvalue weighted by molar-refractivity contribution is 5.85. The van der Waals surface area contributed by atoms with E-state index < -0.39 is 0 Å². The number of piperidine rings is 1. The van der Waals surface area contributed by atoms with E-state index in [9.17, 15) is 9.90 Å². The van der Waals surface area contributed by atoms with Gasteiger partial charge in [-0.1, -0.05) is 12.8 Å². The molecule has 0 aromatic rings. The van der Waals surface area contributed by atoms with Crippen molar-refractivity contribution in [3.63, 3.8) is 0 Å². The lowest BCUT2D eigenvalue weighted by atomic mass is 9.84. The monoisotopic (exact) mass is 290 g/mol. The number of hydrogen-bond donors (Lipinski definition) is 3. The molecule has 1 saturated heterocycles. The maximum Gasteiger partial charge on any atom is 0.223 e. The molecule has 1 heterocycles. The summed E-state index contributed by atoms with van der Waals surface area (Å²) in [7, 11) is 0. The molecule has 5 heteroatoms. The van der Waals surface area contributed by atoms with Crippen LogP contribution in [0.25, 0.3) is 0 Å². The lowest BCUT2D eigenvalue weighted by Gasteiger charge is -2.33. The average molecular weight is 291 g/mol. The third-order valence-electron chi connectivity index (χ3n) is 4.47. The third kappa shape index (κ3) is 4.62. The number of halogens is 1. The standard InChI is InChI=1S/C14H26N2O2.ClH/c1-10-8-11(6-7-15-10)14(18)16-13-5-3-2-4-12(13)9-17;/h10-13,15,17H,2-9H2,1H3,(H,16,18);1H/t10-,11-,12?,13?;/m0./s1. The van der Waals surface area contributed by atoms with Crippen molar-refractivity contribution < 1.29 is 9.90 Å². The van der Waals surface area contributed by atoms with E-state index in [4.69, 9.17) is 0 Å². The highest BCUT2D eigenvalue weighted by atomic mass is 35.5. The Morgan fingerprint density at radius 2 is 2.05 bits per heavy atom. The normalized spacial score (nSPS) is 35.3. The van der Waals surface area contributed by atoms with E-state index in [1.54, 1.807) is 0 Å². The predicted octanol–water partition coefficient (Wildman–Crippen LogP) is 1.46.